The summed E-state index contributed by atoms with van der Waals surface area (Å²) in [5.74, 6) is 0.532. The smallest absolute Gasteiger partial charge is 0.0491 e. The van der Waals surface area contributed by atoms with Crippen molar-refractivity contribution < 1.29 is 4.74 Å². The van der Waals surface area contributed by atoms with Gasteiger partial charge in [0.1, 0.15) is 0 Å². The molecule has 94 valence electrons. The molecule has 0 saturated carbocycles. The quantitative estimate of drug-likeness (QED) is 0.766. The molecule has 17 heavy (non-hydrogen) atoms. The second-order valence-corrected chi connectivity index (χ2v) is 7.67. The van der Waals surface area contributed by atoms with Gasteiger partial charge in [-0.3, -0.25) is 0 Å². The monoisotopic (exact) mass is 268 g/mol. The molecule has 1 aliphatic rings. The standard InChI is InChI=1S/C14H21ClOSi/c1-11(12-5-4-6-13(15)9-12)10-14(17)7-2-3-8-16-14/h4-6,9,11H,2-3,7-8,10H2,1,17H3. The van der Waals surface area contributed by atoms with E-state index in [0.717, 1.165) is 28.3 Å². The highest BCUT2D eigenvalue weighted by Gasteiger charge is 2.29. The molecular weight excluding hydrogens is 248 g/mol. The lowest BCUT2D eigenvalue weighted by molar-refractivity contribution is -0.0258. The second-order valence-electron chi connectivity index (χ2n) is 5.42. The Bertz CT molecular complexity index is 374. The van der Waals surface area contributed by atoms with E-state index in [1.807, 2.05) is 12.1 Å². The molecule has 0 bridgehead atoms. The van der Waals surface area contributed by atoms with Crippen LogP contribution in [0.3, 0.4) is 0 Å². The van der Waals surface area contributed by atoms with Crippen molar-refractivity contribution in [3.05, 3.63) is 34.9 Å². The van der Waals surface area contributed by atoms with Crippen LogP contribution >= 0.6 is 11.6 Å². The fraction of sp³-hybridized carbons (Fsp3) is 0.571. The zero-order chi connectivity index (χ0) is 12.3. The predicted molar refractivity (Wildman–Crippen MR) is 77.0 cm³/mol. The van der Waals surface area contributed by atoms with Crippen LogP contribution in [0.2, 0.25) is 5.02 Å². The largest absolute Gasteiger partial charge is 0.380 e. The zero-order valence-corrected chi connectivity index (χ0v) is 13.5. The molecular formula is C14H21ClOSi. The van der Waals surface area contributed by atoms with Crippen molar-refractivity contribution in [3.8, 4) is 0 Å². The van der Waals surface area contributed by atoms with Gasteiger partial charge in [-0.25, -0.2) is 0 Å². The number of hydrogen-bond donors (Lipinski definition) is 0. The van der Waals surface area contributed by atoms with E-state index >= 15 is 0 Å². The fourth-order valence-corrected chi connectivity index (χ4v) is 4.10. The van der Waals surface area contributed by atoms with Gasteiger partial charge in [-0.1, -0.05) is 30.7 Å². The van der Waals surface area contributed by atoms with Gasteiger partial charge in [-0.15, -0.1) is 0 Å². The lowest BCUT2D eigenvalue weighted by atomic mass is 9.91. The first-order valence-electron chi connectivity index (χ1n) is 6.48. The fourth-order valence-electron chi connectivity index (χ4n) is 2.73. The van der Waals surface area contributed by atoms with Gasteiger partial charge in [-0.05, 0) is 49.3 Å². The van der Waals surface area contributed by atoms with Crippen molar-refractivity contribution in [2.45, 2.75) is 43.7 Å². The lowest BCUT2D eigenvalue weighted by Crippen LogP contribution is -2.38. The molecule has 1 aromatic carbocycles. The number of halogens is 1. The maximum atomic E-state index is 6.04. The molecule has 0 aromatic heterocycles. The van der Waals surface area contributed by atoms with E-state index in [2.05, 4.69) is 19.1 Å². The van der Waals surface area contributed by atoms with E-state index in [1.165, 1.54) is 24.8 Å². The Morgan fingerprint density at radius 2 is 2.29 bits per heavy atom. The first kappa shape index (κ1) is 13.1. The van der Waals surface area contributed by atoms with Crippen LogP contribution in [-0.4, -0.2) is 22.1 Å². The van der Waals surface area contributed by atoms with Crippen LogP contribution in [0.4, 0.5) is 0 Å². The summed E-state index contributed by atoms with van der Waals surface area (Å²) < 4.78 is 6.02. The van der Waals surface area contributed by atoms with E-state index < -0.39 is 0 Å². The predicted octanol–water partition coefficient (Wildman–Crippen LogP) is 3.10. The van der Waals surface area contributed by atoms with E-state index in [1.54, 1.807) is 0 Å². The van der Waals surface area contributed by atoms with Crippen molar-refractivity contribution >= 4 is 21.8 Å². The normalized spacial score (nSPS) is 26.9. The van der Waals surface area contributed by atoms with Gasteiger partial charge in [0.15, 0.2) is 0 Å². The Morgan fingerprint density at radius 1 is 1.47 bits per heavy atom. The molecule has 0 amide bonds. The Morgan fingerprint density at radius 3 is 2.94 bits per heavy atom. The number of hydrogen-bond acceptors (Lipinski definition) is 1. The minimum atomic E-state index is 0.194. The first-order chi connectivity index (χ1) is 8.09. The van der Waals surface area contributed by atoms with E-state index in [9.17, 15) is 0 Å². The van der Waals surface area contributed by atoms with Crippen molar-refractivity contribution in [1.29, 1.82) is 0 Å². The SMILES string of the molecule is CC(CC1([SiH3])CCCCO1)c1cccc(Cl)c1. The molecule has 0 spiro atoms. The van der Waals surface area contributed by atoms with Crippen LogP contribution < -0.4 is 0 Å². The van der Waals surface area contributed by atoms with Gasteiger partial charge in [-0.2, -0.15) is 0 Å². The van der Waals surface area contributed by atoms with Crippen molar-refractivity contribution in [1.82, 2.24) is 0 Å². The van der Waals surface area contributed by atoms with Crippen LogP contribution in [0.1, 0.15) is 44.1 Å². The highest BCUT2D eigenvalue weighted by molar-refractivity contribution is 6.30. The molecule has 1 heterocycles. The van der Waals surface area contributed by atoms with E-state index in [0.29, 0.717) is 5.92 Å². The molecule has 1 saturated heterocycles. The third-order valence-electron chi connectivity index (χ3n) is 3.71. The molecule has 1 nitrogen and oxygen atoms in total. The summed E-state index contributed by atoms with van der Waals surface area (Å²) in [5.41, 5.74) is 1.34. The van der Waals surface area contributed by atoms with Gasteiger partial charge in [0.2, 0.25) is 0 Å². The average Bonchev–Trinajstić information content (AvgIpc) is 2.29. The Kier molecular flexibility index (Phi) is 4.29. The van der Waals surface area contributed by atoms with Crippen LogP contribution in [-0.2, 0) is 4.74 Å². The summed E-state index contributed by atoms with van der Waals surface area (Å²) in [5, 5.41) is 1.03. The van der Waals surface area contributed by atoms with Crippen molar-refractivity contribution in [2.24, 2.45) is 0 Å². The van der Waals surface area contributed by atoms with Gasteiger partial charge >= 0.3 is 0 Å². The van der Waals surface area contributed by atoms with E-state index in [4.69, 9.17) is 16.3 Å². The Hall–Kier alpha value is -0.313. The molecule has 1 fully saturated rings. The van der Waals surface area contributed by atoms with Crippen LogP contribution in [0, 0.1) is 0 Å². The molecule has 0 radical (unpaired) electrons. The molecule has 3 heteroatoms. The Balaban J connectivity index is 2.03. The van der Waals surface area contributed by atoms with Crippen molar-refractivity contribution in [2.75, 3.05) is 6.61 Å². The minimum absolute atomic E-state index is 0.194. The molecule has 2 unspecified atom stereocenters. The van der Waals surface area contributed by atoms with Crippen LogP contribution in [0.5, 0.6) is 0 Å². The van der Waals surface area contributed by atoms with Crippen LogP contribution in [0.25, 0.3) is 0 Å². The summed E-state index contributed by atoms with van der Waals surface area (Å²) in [6.45, 7) is 3.23. The molecule has 1 aliphatic heterocycles. The third-order valence-corrected chi connectivity index (χ3v) is 5.14. The van der Waals surface area contributed by atoms with Crippen LogP contribution in [0.15, 0.2) is 24.3 Å². The first-order valence-corrected chi connectivity index (χ1v) is 7.86. The number of ether oxygens (including phenoxy) is 1. The summed E-state index contributed by atoms with van der Waals surface area (Å²) >= 11 is 6.04. The topological polar surface area (TPSA) is 9.23 Å². The molecule has 0 aliphatic carbocycles. The summed E-state index contributed by atoms with van der Waals surface area (Å²) in [4.78, 5) is 0. The minimum Gasteiger partial charge on any atom is -0.380 e. The maximum absolute atomic E-state index is 6.04. The summed E-state index contributed by atoms with van der Waals surface area (Å²) in [6, 6.07) is 8.23. The molecule has 1 aromatic rings. The lowest BCUT2D eigenvalue weighted by Gasteiger charge is -2.36. The average molecular weight is 269 g/mol. The van der Waals surface area contributed by atoms with E-state index in [-0.39, 0.29) is 5.22 Å². The van der Waals surface area contributed by atoms with Gasteiger partial charge < -0.3 is 4.74 Å². The zero-order valence-electron chi connectivity index (χ0n) is 10.7. The number of rotatable bonds is 3. The second kappa shape index (κ2) is 5.55. The number of benzene rings is 1. The third kappa shape index (κ3) is 3.57. The molecule has 0 N–H and O–H groups in total. The summed E-state index contributed by atoms with van der Waals surface area (Å²) in [7, 11) is 1.12. The summed E-state index contributed by atoms with van der Waals surface area (Å²) in [6.07, 6.45) is 4.94. The van der Waals surface area contributed by atoms with Gasteiger partial charge in [0.25, 0.3) is 0 Å². The highest BCUT2D eigenvalue weighted by atomic mass is 35.5. The highest BCUT2D eigenvalue weighted by Crippen LogP contribution is 2.33. The maximum Gasteiger partial charge on any atom is 0.0491 e. The van der Waals surface area contributed by atoms with Gasteiger partial charge in [0, 0.05) is 27.1 Å². The van der Waals surface area contributed by atoms with Gasteiger partial charge in [0.05, 0.1) is 0 Å². The van der Waals surface area contributed by atoms with Crippen molar-refractivity contribution in [3.63, 3.8) is 0 Å². The molecule has 2 atom stereocenters. The Labute approximate surface area is 112 Å². The molecule has 2 rings (SSSR count).